The summed E-state index contributed by atoms with van der Waals surface area (Å²) in [4.78, 5) is 42.4. The van der Waals surface area contributed by atoms with Gasteiger partial charge in [-0.05, 0) is 92.8 Å². The summed E-state index contributed by atoms with van der Waals surface area (Å²) in [5, 5.41) is 10.7. The zero-order valence-electron chi connectivity index (χ0n) is 23.1. The summed E-state index contributed by atoms with van der Waals surface area (Å²) in [5.74, 6) is -2.91. The van der Waals surface area contributed by atoms with Crippen molar-refractivity contribution in [3.63, 3.8) is 0 Å². The molecule has 0 saturated heterocycles. The maximum absolute atomic E-state index is 16.2. The van der Waals surface area contributed by atoms with E-state index in [0.717, 1.165) is 26.3 Å². The van der Waals surface area contributed by atoms with E-state index in [9.17, 15) is 23.9 Å². The van der Waals surface area contributed by atoms with Crippen molar-refractivity contribution in [2.45, 2.75) is 70.1 Å². The van der Waals surface area contributed by atoms with Crippen LogP contribution in [0.25, 0.3) is 11.2 Å². The highest BCUT2D eigenvalue weighted by atomic mass is 19.1. The molecular formula is C31H32F2N4O4. The second kappa shape index (κ2) is 9.51. The van der Waals surface area contributed by atoms with Gasteiger partial charge in [-0.3, -0.25) is 14.0 Å². The van der Waals surface area contributed by atoms with Crippen LogP contribution in [-0.4, -0.2) is 36.7 Å². The maximum atomic E-state index is 16.2. The van der Waals surface area contributed by atoms with Crippen LogP contribution >= 0.6 is 0 Å². The van der Waals surface area contributed by atoms with Crippen LogP contribution in [0.5, 0.6) is 0 Å². The Hall–Kier alpha value is -4.05. The number of halogens is 2. The van der Waals surface area contributed by atoms with Crippen LogP contribution in [0.1, 0.15) is 72.2 Å². The van der Waals surface area contributed by atoms with E-state index in [2.05, 4.69) is 4.98 Å². The van der Waals surface area contributed by atoms with E-state index in [0.29, 0.717) is 41.6 Å². The predicted molar refractivity (Wildman–Crippen MR) is 150 cm³/mol. The van der Waals surface area contributed by atoms with Crippen molar-refractivity contribution in [1.29, 1.82) is 0 Å². The van der Waals surface area contributed by atoms with Crippen molar-refractivity contribution in [2.75, 3.05) is 0 Å². The summed E-state index contributed by atoms with van der Waals surface area (Å²) in [6, 6.07) is 8.67. The van der Waals surface area contributed by atoms with Gasteiger partial charge in [-0.15, -0.1) is 0 Å². The van der Waals surface area contributed by atoms with E-state index in [1.807, 2.05) is 0 Å². The summed E-state index contributed by atoms with van der Waals surface area (Å²) in [6.45, 7) is 5.28. The predicted octanol–water partition coefficient (Wildman–Crippen LogP) is 3.54. The second-order valence-electron chi connectivity index (χ2n) is 11.9. The lowest BCUT2D eigenvalue weighted by Gasteiger charge is -2.35. The Morgan fingerprint density at radius 2 is 1.95 bits per heavy atom. The Labute approximate surface area is 234 Å². The van der Waals surface area contributed by atoms with Crippen molar-refractivity contribution in [2.24, 2.45) is 11.7 Å². The quantitative estimate of drug-likeness (QED) is 0.352. The number of pyridine rings is 1. The molecule has 4 atom stereocenters. The van der Waals surface area contributed by atoms with Gasteiger partial charge >= 0.3 is 5.69 Å². The molecule has 3 aromatic heterocycles. The van der Waals surface area contributed by atoms with Crippen LogP contribution in [0, 0.1) is 18.7 Å². The van der Waals surface area contributed by atoms with Gasteiger partial charge in [0.1, 0.15) is 12.0 Å². The van der Waals surface area contributed by atoms with Gasteiger partial charge in [0.25, 0.3) is 5.56 Å². The maximum Gasteiger partial charge on any atom is 0.340 e. The lowest BCUT2D eigenvalue weighted by molar-refractivity contribution is -0.120. The molecule has 6 rings (SSSR count). The van der Waals surface area contributed by atoms with Gasteiger partial charge in [-0.2, -0.15) is 0 Å². The number of nitrogens with zero attached hydrogens (tertiary/aromatic N) is 2. The van der Waals surface area contributed by atoms with Gasteiger partial charge in [0, 0.05) is 29.6 Å². The van der Waals surface area contributed by atoms with Crippen LogP contribution in [0.2, 0.25) is 0 Å². The number of carbonyl (C=O) groups is 1. The van der Waals surface area contributed by atoms with Crippen molar-refractivity contribution in [3.8, 4) is 5.69 Å². The Morgan fingerprint density at radius 3 is 2.66 bits per heavy atom. The fourth-order valence-corrected chi connectivity index (χ4v) is 6.88. The van der Waals surface area contributed by atoms with Crippen molar-refractivity contribution < 1.29 is 18.7 Å². The van der Waals surface area contributed by atoms with Gasteiger partial charge in [0.15, 0.2) is 0 Å². The molecule has 0 saturated carbocycles. The van der Waals surface area contributed by atoms with Gasteiger partial charge in [-0.1, -0.05) is 12.1 Å². The molecule has 41 heavy (non-hydrogen) atoms. The monoisotopic (exact) mass is 562 g/mol. The SMILES string of the molecule is Cc1c(C2c3c([nH]c4c3CC[C@H](C(C)(C)O)C4)C(C(N)=O)CC2F)cccc1-n1c(=O)cc2c(F)cccn2c1=O. The largest absolute Gasteiger partial charge is 0.390 e. The van der Waals surface area contributed by atoms with Gasteiger partial charge in [0.2, 0.25) is 5.91 Å². The molecule has 2 aliphatic rings. The number of benzene rings is 1. The third kappa shape index (κ3) is 4.23. The number of hydrogen-bond acceptors (Lipinski definition) is 4. The van der Waals surface area contributed by atoms with Crippen molar-refractivity contribution in [3.05, 3.63) is 103 Å². The smallest absolute Gasteiger partial charge is 0.340 e. The molecule has 0 radical (unpaired) electrons. The van der Waals surface area contributed by atoms with E-state index in [1.54, 1.807) is 39.0 Å². The lowest BCUT2D eigenvalue weighted by Crippen LogP contribution is -2.37. The zero-order valence-corrected chi connectivity index (χ0v) is 23.1. The van der Waals surface area contributed by atoms with Crippen LogP contribution in [0.15, 0.2) is 52.2 Å². The summed E-state index contributed by atoms with van der Waals surface area (Å²) in [6.07, 6.45) is 1.68. The van der Waals surface area contributed by atoms with E-state index in [-0.39, 0.29) is 23.5 Å². The number of alkyl halides is 1. The second-order valence-corrected chi connectivity index (χ2v) is 11.9. The number of rotatable bonds is 4. The van der Waals surface area contributed by atoms with Crippen molar-refractivity contribution in [1.82, 2.24) is 14.0 Å². The van der Waals surface area contributed by atoms with Gasteiger partial charge in [0.05, 0.1) is 22.7 Å². The minimum absolute atomic E-state index is 0.00981. The molecule has 4 aromatic rings. The fourth-order valence-electron chi connectivity index (χ4n) is 6.88. The molecule has 2 aliphatic carbocycles. The van der Waals surface area contributed by atoms with E-state index in [4.69, 9.17) is 5.73 Å². The summed E-state index contributed by atoms with van der Waals surface area (Å²) < 4.78 is 32.6. The molecule has 4 N–H and O–H groups in total. The Kier molecular flexibility index (Phi) is 6.29. The minimum atomic E-state index is -1.45. The number of amides is 1. The molecule has 1 aromatic carbocycles. The number of aliphatic hydroxyl groups is 1. The molecule has 0 spiro atoms. The molecule has 3 unspecified atom stereocenters. The first-order valence-electron chi connectivity index (χ1n) is 13.8. The molecule has 214 valence electrons. The Morgan fingerprint density at radius 1 is 1.20 bits per heavy atom. The molecule has 3 heterocycles. The number of aromatic amines is 1. The molecule has 0 aliphatic heterocycles. The molecular weight excluding hydrogens is 530 g/mol. The topological polar surface area (TPSA) is 123 Å². The highest BCUT2D eigenvalue weighted by Crippen LogP contribution is 2.49. The highest BCUT2D eigenvalue weighted by Gasteiger charge is 2.44. The van der Waals surface area contributed by atoms with E-state index in [1.165, 1.54) is 18.3 Å². The van der Waals surface area contributed by atoms with Crippen LogP contribution in [-0.2, 0) is 17.6 Å². The lowest BCUT2D eigenvalue weighted by atomic mass is 9.70. The summed E-state index contributed by atoms with van der Waals surface area (Å²) >= 11 is 0. The fraction of sp³-hybridized carbons (Fsp3) is 0.387. The number of H-pyrrole nitrogens is 1. The van der Waals surface area contributed by atoms with E-state index < -0.39 is 46.6 Å². The minimum Gasteiger partial charge on any atom is -0.390 e. The average Bonchev–Trinajstić information content (AvgIpc) is 3.28. The number of hydrogen-bond donors (Lipinski definition) is 3. The third-order valence-electron chi connectivity index (χ3n) is 9.07. The third-order valence-corrected chi connectivity index (χ3v) is 9.07. The Bertz CT molecular complexity index is 1830. The first-order chi connectivity index (χ1) is 19.4. The first kappa shape index (κ1) is 27.1. The van der Waals surface area contributed by atoms with Crippen molar-refractivity contribution >= 4 is 11.4 Å². The standard InChI is InChI=1S/C31H32F2N4O4/c1-15-17(6-4-8-23(15)37-25(38)14-24-20(32)7-5-11-36(24)30(37)40)26-21(33)13-19(29(34)39)28-27(26)18-10-9-16(31(2,3)41)12-22(18)35-28/h4-8,11,14,16,19,21,26,35,41H,9-10,12-13H2,1-3H3,(H2,34,39)/t16-,19?,21?,26?/m0/s1. The molecule has 10 heteroatoms. The number of carbonyl (C=O) groups excluding carboxylic acids is 1. The summed E-state index contributed by atoms with van der Waals surface area (Å²) in [7, 11) is 0. The van der Waals surface area contributed by atoms with Gasteiger partial charge < -0.3 is 15.8 Å². The zero-order chi connectivity index (χ0) is 29.4. The van der Waals surface area contributed by atoms with Crippen LogP contribution in [0.4, 0.5) is 8.78 Å². The molecule has 0 fully saturated rings. The molecule has 8 nitrogen and oxygen atoms in total. The van der Waals surface area contributed by atoms with Gasteiger partial charge in [-0.25, -0.2) is 18.1 Å². The highest BCUT2D eigenvalue weighted by molar-refractivity contribution is 5.83. The average molecular weight is 563 g/mol. The number of aromatic nitrogens is 3. The number of primary amides is 1. The van der Waals surface area contributed by atoms with Crippen LogP contribution < -0.4 is 17.0 Å². The van der Waals surface area contributed by atoms with E-state index >= 15 is 4.39 Å². The number of fused-ring (bicyclic) bond motifs is 4. The Balaban J connectivity index is 1.54. The number of nitrogens with one attached hydrogen (secondary N) is 1. The molecule has 1 amide bonds. The summed E-state index contributed by atoms with van der Waals surface area (Å²) in [5.41, 5.74) is 7.75. The number of nitrogens with two attached hydrogens (primary N) is 1. The molecule has 0 bridgehead atoms. The first-order valence-corrected chi connectivity index (χ1v) is 13.8. The normalized spacial score (nSPS) is 22.4. The van der Waals surface area contributed by atoms with Crippen LogP contribution in [0.3, 0.4) is 0 Å².